The van der Waals surface area contributed by atoms with Gasteiger partial charge >= 0.3 is 0 Å². The number of hydrogen-bond acceptors (Lipinski definition) is 4. The standard InChI is InChI=1S/C21H24ClN3O3/c22-16-5-6-17-18(12-16)23-14-25(20(17)27)13-21(28)7-9-24(10-8-21)19(26)11-15-3-1-2-4-15/h1,3,5-6,12,14-15,28H,2,4,7-11,13H2. The lowest BCUT2D eigenvalue weighted by Gasteiger charge is -2.38. The predicted octanol–water partition coefficient (Wildman–Crippen LogP) is 2.76. The van der Waals surface area contributed by atoms with Crippen molar-refractivity contribution in [2.45, 2.75) is 44.2 Å². The number of piperidine rings is 1. The third-order valence-electron chi connectivity index (χ3n) is 5.85. The highest BCUT2D eigenvalue weighted by Crippen LogP contribution is 2.27. The van der Waals surface area contributed by atoms with Gasteiger partial charge in [-0.2, -0.15) is 0 Å². The molecular weight excluding hydrogens is 378 g/mol. The Kier molecular flexibility index (Phi) is 5.25. The van der Waals surface area contributed by atoms with Crippen molar-refractivity contribution in [2.75, 3.05) is 13.1 Å². The van der Waals surface area contributed by atoms with Crippen LogP contribution in [0.5, 0.6) is 0 Å². The van der Waals surface area contributed by atoms with Crippen molar-refractivity contribution in [1.29, 1.82) is 0 Å². The maximum atomic E-state index is 12.7. The molecule has 2 aliphatic rings. The Bertz CT molecular complexity index is 977. The van der Waals surface area contributed by atoms with E-state index in [4.69, 9.17) is 11.6 Å². The van der Waals surface area contributed by atoms with Gasteiger partial charge in [0.05, 0.1) is 29.4 Å². The van der Waals surface area contributed by atoms with Crippen LogP contribution in [0.15, 0.2) is 41.5 Å². The van der Waals surface area contributed by atoms with Gasteiger partial charge in [0.15, 0.2) is 0 Å². The van der Waals surface area contributed by atoms with Crippen LogP contribution in [0.1, 0.15) is 32.1 Å². The summed E-state index contributed by atoms with van der Waals surface area (Å²) >= 11 is 5.96. The number of nitrogens with zero attached hydrogens (tertiary/aromatic N) is 3. The maximum absolute atomic E-state index is 12.7. The molecule has 7 heteroatoms. The van der Waals surface area contributed by atoms with Crippen LogP contribution >= 0.6 is 11.6 Å². The van der Waals surface area contributed by atoms with Crippen LogP contribution in [-0.4, -0.2) is 44.2 Å². The molecule has 0 bridgehead atoms. The molecule has 6 nitrogen and oxygen atoms in total. The summed E-state index contributed by atoms with van der Waals surface area (Å²) in [6.45, 7) is 1.19. The number of likely N-dealkylation sites (tertiary alicyclic amines) is 1. The second kappa shape index (κ2) is 7.68. The van der Waals surface area contributed by atoms with Crippen LogP contribution in [0.2, 0.25) is 5.02 Å². The minimum absolute atomic E-state index is 0.153. The maximum Gasteiger partial charge on any atom is 0.261 e. The minimum atomic E-state index is -1.02. The first kappa shape index (κ1) is 19.2. The van der Waals surface area contributed by atoms with E-state index in [0.717, 1.165) is 12.8 Å². The SMILES string of the molecule is O=C(CC1C=CCC1)N1CCC(O)(Cn2cnc3cc(Cl)ccc3c2=O)CC1. The molecule has 1 saturated heterocycles. The fourth-order valence-corrected chi connectivity index (χ4v) is 4.28. The zero-order chi connectivity index (χ0) is 19.7. The average Bonchev–Trinajstić information content (AvgIpc) is 3.17. The highest BCUT2D eigenvalue weighted by Gasteiger charge is 2.35. The molecule has 1 unspecified atom stereocenters. The summed E-state index contributed by atoms with van der Waals surface area (Å²) in [6.07, 6.45) is 9.27. The Morgan fingerprint density at radius 3 is 2.82 bits per heavy atom. The Morgan fingerprint density at radius 1 is 1.32 bits per heavy atom. The number of aromatic nitrogens is 2. The van der Waals surface area contributed by atoms with Crippen molar-refractivity contribution < 1.29 is 9.90 Å². The number of carbonyl (C=O) groups is 1. The summed E-state index contributed by atoms with van der Waals surface area (Å²) in [7, 11) is 0. The number of rotatable bonds is 4. The highest BCUT2D eigenvalue weighted by molar-refractivity contribution is 6.31. The number of carbonyl (C=O) groups excluding carboxylic acids is 1. The molecule has 0 saturated carbocycles. The molecule has 1 atom stereocenters. The zero-order valence-corrected chi connectivity index (χ0v) is 16.4. The molecule has 28 heavy (non-hydrogen) atoms. The first-order valence-electron chi connectivity index (χ1n) is 9.75. The number of hydrogen-bond donors (Lipinski definition) is 1. The highest BCUT2D eigenvalue weighted by atomic mass is 35.5. The van der Waals surface area contributed by atoms with Crippen molar-refractivity contribution in [3.8, 4) is 0 Å². The van der Waals surface area contributed by atoms with Gasteiger partial charge in [-0.05, 0) is 49.8 Å². The molecule has 4 rings (SSSR count). The lowest BCUT2D eigenvalue weighted by Crippen LogP contribution is -2.49. The van der Waals surface area contributed by atoms with E-state index in [2.05, 4.69) is 17.1 Å². The Balaban J connectivity index is 1.42. The normalized spacial score (nSPS) is 21.4. The zero-order valence-electron chi connectivity index (χ0n) is 15.7. The first-order valence-corrected chi connectivity index (χ1v) is 10.1. The van der Waals surface area contributed by atoms with Gasteiger partial charge in [-0.25, -0.2) is 4.98 Å². The first-order chi connectivity index (χ1) is 13.4. The van der Waals surface area contributed by atoms with E-state index in [1.54, 1.807) is 18.2 Å². The minimum Gasteiger partial charge on any atom is -0.388 e. The van der Waals surface area contributed by atoms with Crippen molar-refractivity contribution in [1.82, 2.24) is 14.5 Å². The van der Waals surface area contributed by atoms with Gasteiger partial charge in [0, 0.05) is 24.5 Å². The van der Waals surface area contributed by atoms with Crippen LogP contribution < -0.4 is 5.56 Å². The van der Waals surface area contributed by atoms with Crippen LogP contribution in [0.25, 0.3) is 10.9 Å². The fourth-order valence-electron chi connectivity index (χ4n) is 4.11. The Morgan fingerprint density at radius 2 is 2.11 bits per heavy atom. The molecule has 148 valence electrons. The van der Waals surface area contributed by atoms with E-state index in [1.807, 2.05) is 4.90 Å². The summed E-state index contributed by atoms with van der Waals surface area (Å²) in [5.41, 5.74) is -0.668. The third kappa shape index (κ3) is 3.98. The summed E-state index contributed by atoms with van der Waals surface area (Å²) in [5, 5.41) is 12.0. The second-order valence-corrected chi connectivity index (χ2v) is 8.35. The largest absolute Gasteiger partial charge is 0.388 e. The fraction of sp³-hybridized carbons (Fsp3) is 0.476. The monoisotopic (exact) mass is 401 g/mol. The van der Waals surface area contributed by atoms with Gasteiger partial charge < -0.3 is 10.0 Å². The topological polar surface area (TPSA) is 75.4 Å². The number of amides is 1. The van der Waals surface area contributed by atoms with E-state index in [1.165, 1.54) is 10.9 Å². The van der Waals surface area contributed by atoms with Gasteiger partial charge in [-0.1, -0.05) is 23.8 Å². The van der Waals surface area contributed by atoms with Crippen LogP contribution in [-0.2, 0) is 11.3 Å². The van der Waals surface area contributed by atoms with Gasteiger partial charge in [0.2, 0.25) is 5.91 Å². The molecule has 1 aliphatic heterocycles. The van der Waals surface area contributed by atoms with E-state index < -0.39 is 5.60 Å². The number of aliphatic hydroxyl groups is 1. The summed E-state index contributed by atoms with van der Waals surface area (Å²) in [5.74, 6) is 0.504. The van der Waals surface area contributed by atoms with Gasteiger partial charge in [-0.3, -0.25) is 14.2 Å². The molecule has 2 aromatic rings. The molecule has 2 heterocycles. The predicted molar refractivity (Wildman–Crippen MR) is 108 cm³/mol. The van der Waals surface area contributed by atoms with E-state index in [-0.39, 0.29) is 18.0 Å². The molecule has 1 aromatic heterocycles. The molecular formula is C21H24ClN3O3. The van der Waals surface area contributed by atoms with E-state index in [0.29, 0.717) is 54.2 Å². The average molecular weight is 402 g/mol. The molecule has 1 N–H and O–H groups in total. The Hall–Kier alpha value is -2.18. The van der Waals surface area contributed by atoms with Gasteiger partial charge in [-0.15, -0.1) is 0 Å². The van der Waals surface area contributed by atoms with Crippen LogP contribution in [0.3, 0.4) is 0 Å². The molecule has 0 radical (unpaired) electrons. The number of halogens is 1. The van der Waals surface area contributed by atoms with Crippen molar-refractivity contribution in [3.63, 3.8) is 0 Å². The molecule has 1 aliphatic carbocycles. The third-order valence-corrected chi connectivity index (χ3v) is 6.08. The van der Waals surface area contributed by atoms with Crippen molar-refractivity contribution in [2.24, 2.45) is 5.92 Å². The molecule has 0 spiro atoms. The number of allylic oxidation sites excluding steroid dienone is 2. The Labute approximate surface area is 168 Å². The number of fused-ring (bicyclic) bond motifs is 1. The van der Waals surface area contributed by atoms with Gasteiger partial charge in [0.25, 0.3) is 5.56 Å². The smallest absolute Gasteiger partial charge is 0.261 e. The van der Waals surface area contributed by atoms with E-state index in [9.17, 15) is 14.7 Å². The van der Waals surface area contributed by atoms with E-state index >= 15 is 0 Å². The second-order valence-electron chi connectivity index (χ2n) is 7.91. The lowest BCUT2D eigenvalue weighted by molar-refractivity contribution is -0.136. The van der Waals surface area contributed by atoms with Gasteiger partial charge in [0.1, 0.15) is 0 Å². The lowest BCUT2D eigenvalue weighted by atomic mass is 9.90. The molecule has 1 aromatic carbocycles. The summed E-state index contributed by atoms with van der Waals surface area (Å²) in [4.78, 5) is 31.3. The molecule has 1 amide bonds. The summed E-state index contributed by atoms with van der Waals surface area (Å²) in [6, 6.07) is 4.98. The van der Waals surface area contributed by atoms with Crippen molar-refractivity contribution >= 4 is 28.4 Å². The van der Waals surface area contributed by atoms with Crippen molar-refractivity contribution in [3.05, 3.63) is 52.1 Å². The van der Waals surface area contributed by atoms with Crippen LogP contribution in [0.4, 0.5) is 0 Å². The number of benzene rings is 1. The molecule has 1 fully saturated rings. The summed E-state index contributed by atoms with van der Waals surface area (Å²) < 4.78 is 1.46. The van der Waals surface area contributed by atoms with Crippen LogP contribution in [0, 0.1) is 5.92 Å². The quantitative estimate of drug-likeness (QED) is 0.799.